The van der Waals surface area contributed by atoms with Crippen LogP contribution in [-0.2, 0) is 0 Å². The number of hydrogen-bond acceptors (Lipinski definition) is 2. The molecule has 0 spiro atoms. The number of halogens is 1. The zero-order chi connectivity index (χ0) is 10.7. The molecule has 0 saturated carbocycles. The predicted octanol–water partition coefficient (Wildman–Crippen LogP) is 2.34. The van der Waals surface area contributed by atoms with E-state index in [9.17, 15) is 0 Å². The number of rotatable bonds is 2. The first-order valence-electron chi connectivity index (χ1n) is 5.50. The van der Waals surface area contributed by atoms with Crippen LogP contribution in [0.25, 0.3) is 0 Å². The highest BCUT2D eigenvalue weighted by molar-refractivity contribution is 6.31. The summed E-state index contributed by atoms with van der Waals surface area (Å²) in [7, 11) is 0. The van der Waals surface area contributed by atoms with Gasteiger partial charge < -0.3 is 11.1 Å². The van der Waals surface area contributed by atoms with Gasteiger partial charge in [0.05, 0.1) is 0 Å². The molecule has 1 aliphatic heterocycles. The molecule has 2 nitrogen and oxygen atoms in total. The van der Waals surface area contributed by atoms with Crippen LogP contribution < -0.4 is 11.1 Å². The van der Waals surface area contributed by atoms with E-state index in [4.69, 9.17) is 17.3 Å². The van der Waals surface area contributed by atoms with Crippen molar-refractivity contribution in [3.63, 3.8) is 0 Å². The van der Waals surface area contributed by atoms with Gasteiger partial charge in [-0.1, -0.05) is 29.8 Å². The number of hydrogen-bond donors (Lipinski definition) is 2. The Labute approximate surface area is 95.8 Å². The highest BCUT2D eigenvalue weighted by atomic mass is 35.5. The van der Waals surface area contributed by atoms with E-state index in [1.807, 2.05) is 24.3 Å². The third kappa shape index (κ3) is 2.51. The van der Waals surface area contributed by atoms with Gasteiger partial charge in [0.1, 0.15) is 0 Å². The summed E-state index contributed by atoms with van der Waals surface area (Å²) in [5.74, 6) is 0.561. The molecule has 3 heteroatoms. The molecule has 1 aromatic carbocycles. The van der Waals surface area contributed by atoms with Crippen LogP contribution >= 0.6 is 11.6 Å². The van der Waals surface area contributed by atoms with E-state index in [1.165, 1.54) is 0 Å². The van der Waals surface area contributed by atoms with Crippen molar-refractivity contribution in [1.29, 1.82) is 0 Å². The molecule has 0 bridgehead atoms. The number of benzene rings is 1. The zero-order valence-electron chi connectivity index (χ0n) is 8.75. The quantitative estimate of drug-likeness (QED) is 0.810. The van der Waals surface area contributed by atoms with Crippen molar-refractivity contribution in [2.45, 2.75) is 18.9 Å². The van der Waals surface area contributed by atoms with Gasteiger partial charge in [0.2, 0.25) is 0 Å². The maximum absolute atomic E-state index is 6.26. The molecule has 15 heavy (non-hydrogen) atoms. The maximum Gasteiger partial charge on any atom is 0.0453 e. The lowest BCUT2D eigenvalue weighted by molar-refractivity contribution is 0.322. The molecule has 0 aromatic heterocycles. The Morgan fingerprint density at radius 1 is 1.27 bits per heavy atom. The van der Waals surface area contributed by atoms with Gasteiger partial charge in [-0.15, -0.1) is 0 Å². The molecule has 1 atom stereocenters. The van der Waals surface area contributed by atoms with Crippen LogP contribution in [0.15, 0.2) is 24.3 Å². The Bertz CT molecular complexity index is 321. The highest BCUT2D eigenvalue weighted by Crippen LogP contribution is 2.30. The van der Waals surface area contributed by atoms with Gasteiger partial charge in [-0.2, -0.15) is 0 Å². The summed E-state index contributed by atoms with van der Waals surface area (Å²) in [4.78, 5) is 0. The highest BCUT2D eigenvalue weighted by Gasteiger charge is 2.22. The Balaban J connectivity index is 2.12. The molecular weight excluding hydrogens is 208 g/mol. The summed E-state index contributed by atoms with van der Waals surface area (Å²) >= 11 is 6.14. The van der Waals surface area contributed by atoms with Crippen molar-refractivity contribution in [3.8, 4) is 0 Å². The molecule has 0 radical (unpaired) electrons. The Morgan fingerprint density at radius 2 is 1.93 bits per heavy atom. The first-order chi connectivity index (χ1) is 7.29. The van der Waals surface area contributed by atoms with Crippen molar-refractivity contribution >= 4 is 11.6 Å². The van der Waals surface area contributed by atoms with E-state index in [0.717, 1.165) is 36.5 Å². The van der Waals surface area contributed by atoms with E-state index in [-0.39, 0.29) is 6.04 Å². The Morgan fingerprint density at radius 3 is 2.60 bits per heavy atom. The average Bonchev–Trinajstić information content (AvgIpc) is 2.30. The van der Waals surface area contributed by atoms with Crippen molar-refractivity contribution in [2.24, 2.45) is 11.7 Å². The molecule has 1 saturated heterocycles. The molecule has 0 amide bonds. The molecule has 0 aliphatic carbocycles. The Hall–Kier alpha value is -0.570. The third-order valence-electron chi connectivity index (χ3n) is 3.16. The topological polar surface area (TPSA) is 38.0 Å². The van der Waals surface area contributed by atoms with Crippen LogP contribution in [0, 0.1) is 5.92 Å². The van der Waals surface area contributed by atoms with E-state index < -0.39 is 0 Å². The molecule has 1 heterocycles. The normalized spacial score (nSPS) is 20.1. The monoisotopic (exact) mass is 224 g/mol. The Kier molecular flexibility index (Phi) is 3.62. The molecule has 1 unspecified atom stereocenters. The summed E-state index contributed by atoms with van der Waals surface area (Å²) in [6.45, 7) is 2.14. The minimum Gasteiger partial charge on any atom is -0.324 e. The molecule has 2 rings (SSSR count). The van der Waals surface area contributed by atoms with Gasteiger partial charge in [0, 0.05) is 11.1 Å². The molecular formula is C12H17ClN2. The first kappa shape index (κ1) is 10.9. The lowest BCUT2D eigenvalue weighted by Crippen LogP contribution is -2.33. The van der Waals surface area contributed by atoms with Gasteiger partial charge in [-0.25, -0.2) is 0 Å². The van der Waals surface area contributed by atoms with Crippen LogP contribution in [0.5, 0.6) is 0 Å². The lowest BCUT2D eigenvalue weighted by atomic mass is 9.86. The third-order valence-corrected chi connectivity index (χ3v) is 3.50. The largest absolute Gasteiger partial charge is 0.324 e. The SMILES string of the molecule is NC(c1ccccc1Cl)C1CCNCC1. The van der Waals surface area contributed by atoms with Crippen LogP contribution in [0.2, 0.25) is 5.02 Å². The van der Waals surface area contributed by atoms with Gasteiger partial charge >= 0.3 is 0 Å². The number of nitrogens with two attached hydrogens (primary N) is 1. The van der Waals surface area contributed by atoms with Crippen LogP contribution in [0.3, 0.4) is 0 Å². The van der Waals surface area contributed by atoms with Crippen LogP contribution in [0.4, 0.5) is 0 Å². The fraction of sp³-hybridized carbons (Fsp3) is 0.500. The van der Waals surface area contributed by atoms with Gasteiger partial charge in [-0.05, 0) is 43.5 Å². The molecule has 3 N–H and O–H groups in total. The van der Waals surface area contributed by atoms with Gasteiger partial charge in [0.25, 0.3) is 0 Å². The minimum atomic E-state index is 0.0841. The fourth-order valence-electron chi connectivity index (χ4n) is 2.20. The first-order valence-corrected chi connectivity index (χ1v) is 5.87. The second-order valence-electron chi connectivity index (χ2n) is 4.13. The van der Waals surface area contributed by atoms with Crippen LogP contribution in [0.1, 0.15) is 24.4 Å². The van der Waals surface area contributed by atoms with Crippen molar-refractivity contribution in [1.82, 2.24) is 5.32 Å². The summed E-state index contributed by atoms with van der Waals surface area (Å²) in [6, 6.07) is 7.98. The second-order valence-corrected chi connectivity index (χ2v) is 4.54. The summed E-state index contributed by atoms with van der Waals surface area (Å²) < 4.78 is 0. The van der Waals surface area contributed by atoms with E-state index in [1.54, 1.807) is 0 Å². The molecule has 1 aromatic rings. The average molecular weight is 225 g/mol. The minimum absolute atomic E-state index is 0.0841. The van der Waals surface area contributed by atoms with Crippen molar-refractivity contribution < 1.29 is 0 Å². The smallest absolute Gasteiger partial charge is 0.0453 e. The lowest BCUT2D eigenvalue weighted by Gasteiger charge is -2.28. The van der Waals surface area contributed by atoms with Crippen molar-refractivity contribution in [3.05, 3.63) is 34.9 Å². The standard InChI is InChI=1S/C12H17ClN2/c13-11-4-2-1-3-10(11)12(14)9-5-7-15-8-6-9/h1-4,9,12,15H,5-8,14H2. The number of piperidine rings is 1. The van der Waals surface area contributed by atoms with E-state index in [2.05, 4.69) is 5.32 Å². The van der Waals surface area contributed by atoms with Gasteiger partial charge in [-0.3, -0.25) is 0 Å². The molecule has 82 valence electrons. The van der Waals surface area contributed by atoms with E-state index in [0.29, 0.717) is 5.92 Å². The maximum atomic E-state index is 6.26. The van der Waals surface area contributed by atoms with E-state index >= 15 is 0 Å². The molecule has 1 aliphatic rings. The summed E-state index contributed by atoms with van der Waals surface area (Å²) in [6.07, 6.45) is 2.29. The second kappa shape index (κ2) is 4.97. The summed E-state index contributed by atoms with van der Waals surface area (Å²) in [5.41, 5.74) is 7.35. The predicted molar refractivity (Wildman–Crippen MR) is 64.0 cm³/mol. The van der Waals surface area contributed by atoms with Crippen LogP contribution in [-0.4, -0.2) is 13.1 Å². The van der Waals surface area contributed by atoms with Crippen molar-refractivity contribution in [2.75, 3.05) is 13.1 Å². The zero-order valence-corrected chi connectivity index (χ0v) is 9.50. The fourth-order valence-corrected chi connectivity index (χ4v) is 2.46. The number of nitrogens with one attached hydrogen (secondary N) is 1. The summed E-state index contributed by atoms with van der Waals surface area (Å²) in [5, 5.41) is 4.14. The molecule has 1 fully saturated rings. The van der Waals surface area contributed by atoms with Gasteiger partial charge in [0.15, 0.2) is 0 Å².